The molecule has 9 heteroatoms. The average molecular weight is 451 g/mol. The first-order valence-corrected chi connectivity index (χ1v) is 10.4. The quantitative estimate of drug-likeness (QED) is 0.463. The van der Waals surface area contributed by atoms with Crippen molar-refractivity contribution >= 4 is 17.8 Å². The molecule has 1 heterocycles. The highest BCUT2D eigenvalue weighted by Crippen LogP contribution is 2.35. The van der Waals surface area contributed by atoms with E-state index in [2.05, 4.69) is 4.99 Å². The Labute approximate surface area is 184 Å². The number of amides is 1. The highest BCUT2D eigenvalue weighted by atomic mass is 19.4. The van der Waals surface area contributed by atoms with Crippen LogP contribution in [-0.4, -0.2) is 56.4 Å². The molecule has 0 spiro atoms. The molecule has 2 aromatic rings. The second-order valence-electron chi connectivity index (χ2n) is 7.28. The standard InChI is InChI=1S/C23H25F4N3O2/c1-2-28-16-19-20(23(25,26)27)4-3-5-21(19)29-11-13-30(14-12-29)22(31)10-15-32-18-8-6-17(24)7-9-18/h3-9,16H,2,10-15H2,1H3/b28-16+. The molecular weight excluding hydrogens is 426 g/mol. The van der Waals surface area contributed by atoms with E-state index >= 15 is 0 Å². The van der Waals surface area contributed by atoms with Gasteiger partial charge < -0.3 is 14.5 Å². The Kier molecular flexibility index (Phi) is 7.71. The van der Waals surface area contributed by atoms with Gasteiger partial charge in [0.2, 0.25) is 5.91 Å². The lowest BCUT2D eigenvalue weighted by Gasteiger charge is -2.37. The third kappa shape index (κ3) is 5.99. The molecule has 5 nitrogen and oxygen atoms in total. The predicted molar refractivity (Wildman–Crippen MR) is 115 cm³/mol. The van der Waals surface area contributed by atoms with Gasteiger partial charge >= 0.3 is 6.18 Å². The summed E-state index contributed by atoms with van der Waals surface area (Å²) in [7, 11) is 0. The van der Waals surface area contributed by atoms with E-state index in [-0.39, 0.29) is 30.3 Å². The van der Waals surface area contributed by atoms with Gasteiger partial charge in [0.25, 0.3) is 0 Å². The van der Waals surface area contributed by atoms with Gasteiger partial charge in [-0.2, -0.15) is 13.2 Å². The summed E-state index contributed by atoms with van der Waals surface area (Å²) < 4.78 is 58.8. The molecule has 172 valence electrons. The van der Waals surface area contributed by atoms with Crippen LogP contribution >= 0.6 is 0 Å². The summed E-state index contributed by atoms with van der Waals surface area (Å²) in [6, 6.07) is 9.65. The largest absolute Gasteiger partial charge is 0.493 e. The molecule has 0 saturated carbocycles. The molecule has 0 radical (unpaired) electrons. The molecule has 0 N–H and O–H groups in total. The number of halogens is 4. The van der Waals surface area contributed by atoms with E-state index in [9.17, 15) is 22.4 Å². The van der Waals surface area contributed by atoms with Crippen LogP contribution in [0.4, 0.5) is 23.2 Å². The molecule has 32 heavy (non-hydrogen) atoms. The van der Waals surface area contributed by atoms with Crippen LogP contribution in [0.2, 0.25) is 0 Å². The van der Waals surface area contributed by atoms with Gasteiger partial charge in [0.05, 0.1) is 18.6 Å². The van der Waals surface area contributed by atoms with Gasteiger partial charge in [-0.05, 0) is 43.3 Å². The van der Waals surface area contributed by atoms with Crippen molar-refractivity contribution in [3.63, 3.8) is 0 Å². The molecule has 0 unspecified atom stereocenters. The SMILES string of the molecule is CC/N=C/c1c(N2CCN(C(=O)CCOc3ccc(F)cc3)CC2)cccc1C(F)(F)F. The molecule has 1 fully saturated rings. The van der Waals surface area contributed by atoms with E-state index in [1.54, 1.807) is 17.9 Å². The monoisotopic (exact) mass is 451 g/mol. The Morgan fingerprint density at radius 1 is 1.09 bits per heavy atom. The number of nitrogens with zero attached hydrogens (tertiary/aromatic N) is 3. The minimum atomic E-state index is -4.48. The molecule has 2 aromatic carbocycles. The second-order valence-corrected chi connectivity index (χ2v) is 7.28. The molecule has 1 amide bonds. The number of carbonyl (C=O) groups is 1. The summed E-state index contributed by atoms with van der Waals surface area (Å²) >= 11 is 0. The molecule has 1 aliphatic heterocycles. The predicted octanol–water partition coefficient (Wildman–Crippen LogP) is 4.40. The molecule has 1 aliphatic rings. The van der Waals surface area contributed by atoms with Crippen LogP contribution in [0.1, 0.15) is 24.5 Å². The van der Waals surface area contributed by atoms with Crippen molar-refractivity contribution in [3.05, 3.63) is 59.4 Å². The molecule has 3 rings (SSSR count). The second kappa shape index (κ2) is 10.5. The first-order chi connectivity index (χ1) is 15.3. The summed E-state index contributed by atoms with van der Waals surface area (Å²) in [5.74, 6) is 0.0228. The smallest absolute Gasteiger partial charge is 0.417 e. The molecule has 1 saturated heterocycles. The average Bonchev–Trinajstić information content (AvgIpc) is 2.78. The van der Waals surface area contributed by atoms with Crippen molar-refractivity contribution in [2.24, 2.45) is 4.99 Å². The minimum absolute atomic E-state index is 0.0503. The molecule has 0 atom stereocenters. The van der Waals surface area contributed by atoms with Crippen LogP contribution in [0, 0.1) is 5.82 Å². The summed E-state index contributed by atoms with van der Waals surface area (Å²) in [6.45, 7) is 3.93. The van der Waals surface area contributed by atoms with Crippen LogP contribution < -0.4 is 9.64 Å². The number of anilines is 1. The molecule has 0 aliphatic carbocycles. The van der Waals surface area contributed by atoms with E-state index in [4.69, 9.17) is 4.74 Å². The summed E-state index contributed by atoms with van der Waals surface area (Å²) in [5, 5.41) is 0. The number of carbonyl (C=O) groups excluding carboxylic acids is 1. The lowest BCUT2D eigenvalue weighted by Crippen LogP contribution is -2.49. The Hall–Kier alpha value is -3.10. The zero-order valence-corrected chi connectivity index (χ0v) is 17.7. The van der Waals surface area contributed by atoms with Crippen LogP contribution in [0.15, 0.2) is 47.5 Å². The minimum Gasteiger partial charge on any atom is -0.493 e. The maximum absolute atomic E-state index is 13.5. The van der Waals surface area contributed by atoms with Crippen LogP contribution in [0.3, 0.4) is 0 Å². The van der Waals surface area contributed by atoms with Crippen molar-refractivity contribution in [1.82, 2.24) is 4.90 Å². The first kappa shape index (κ1) is 23.6. The number of benzene rings is 2. The normalized spacial score (nSPS) is 14.8. The zero-order valence-electron chi connectivity index (χ0n) is 17.7. The van der Waals surface area contributed by atoms with Crippen molar-refractivity contribution in [1.29, 1.82) is 0 Å². The number of aliphatic imine (C=N–C) groups is 1. The lowest BCUT2D eigenvalue weighted by atomic mass is 10.0. The van der Waals surface area contributed by atoms with Crippen molar-refractivity contribution in [2.75, 3.05) is 44.2 Å². The number of hydrogen-bond donors (Lipinski definition) is 0. The fourth-order valence-corrected chi connectivity index (χ4v) is 3.54. The van der Waals surface area contributed by atoms with E-state index in [0.717, 1.165) is 6.07 Å². The van der Waals surface area contributed by atoms with Crippen LogP contribution in [0.25, 0.3) is 0 Å². The highest BCUT2D eigenvalue weighted by Gasteiger charge is 2.35. The van der Waals surface area contributed by atoms with Crippen molar-refractivity contribution < 1.29 is 27.1 Å². The Morgan fingerprint density at radius 2 is 1.78 bits per heavy atom. The van der Waals surface area contributed by atoms with Crippen LogP contribution in [0.5, 0.6) is 5.75 Å². The molecular formula is C23H25F4N3O2. The molecule has 0 bridgehead atoms. The van der Waals surface area contributed by atoms with Crippen molar-refractivity contribution in [2.45, 2.75) is 19.5 Å². The topological polar surface area (TPSA) is 45.1 Å². The highest BCUT2D eigenvalue weighted by molar-refractivity contribution is 5.90. The maximum Gasteiger partial charge on any atom is 0.417 e. The van der Waals surface area contributed by atoms with Gasteiger partial charge in [-0.1, -0.05) is 6.07 Å². The van der Waals surface area contributed by atoms with E-state index in [1.165, 1.54) is 36.5 Å². The summed E-state index contributed by atoms with van der Waals surface area (Å²) in [4.78, 5) is 20.0. The number of ether oxygens (including phenoxy) is 1. The third-order valence-corrected chi connectivity index (χ3v) is 5.16. The third-order valence-electron chi connectivity index (χ3n) is 5.16. The van der Waals surface area contributed by atoms with E-state index in [1.807, 2.05) is 4.90 Å². The Bertz CT molecular complexity index is 937. The van der Waals surface area contributed by atoms with Gasteiger partial charge in [-0.3, -0.25) is 9.79 Å². The van der Waals surface area contributed by atoms with Crippen LogP contribution in [-0.2, 0) is 11.0 Å². The zero-order chi connectivity index (χ0) is 23.1. The Morgan fingerprint density at radius 3 is 2.41 bits per heavy atom. The van der Waals surface area contributed by atoms with Gasteiger partial charge in [-0.25, -0.2) is 4.39 Å². The number of hydrogen-bond acceptors (Lipinski definition) is 4. The van der Waals surface area contributed by atoms with Gasteiger partial charge in [0.1, 0.15) is 11.6 Å². The fraction of sp³-hybridized carbons (Fsp3) is 0.391. The van der Waals surface area contributed by atoms with E-state index in [0.29, 0.717) is 44.2 Å². The summed E-state index contributed by atoms with van der Waals surface area (Å²) in [6.07, 6.45) is -3.04. The van der Waals surface area contributed by atoms with Gasteiger partial charge in [0.15, 0.2) is 0 Å². The maximum atomic E-state index is 13.5. The number of alkyl halides is 3. The van der Waals surface area contributed by atoms with Gasteiger partial charge in [-0.15, -0.1) is 0 Å². The number of rotatable bonds is 7. The van der Waals surface area contributed by atoms with E-state index < -0.39 is 11.7 Å². The first-order valence-electron chi connectivity index (χ1n) is 10.4. The fourth-order valence-electron chi connectivity index (χ4n) is 3.54. The molecule has 0 aromatic heterocycles. The van der Waals surface area contributed by atoms with Crippen molar-refractivity contribution in [3.8, 4) is 5.75 Å². The lowest BCUT2D eigenvalue weighted by molar-refractivity contribution is -0.137. The summed E-state index contributed by atoms with van der Waals surface area (Å²) in [5.41, 5.74) is -0.207. The van der Waals surface area contributed by atoms with Gasteiger partial charge in [0, 0.05) is 50.2 Å². The number of piperazine rings is 1. The Balaban J connectivity index is 1.59.